The van der Waals surface area contributed by atoms with Gasteiger partial charge in [0.25, 0.3) is 0 Å². The first kappa shape index (κ1) is 18.4. The van der Waals surface area contributed by atoms with Gasteiger partial charge >= 0.3 is 0 Å². The molecule has 0 unspecified atom stereocenters. The Morgan fingerprint density at radius 2 is 2.14 bits per heavy atom. The van der Waals surface area contributed by atoms with Crippen LogP contribution in [0.2, 0.25) is 0 Å². The standard InChI is InChI=1S/C19H19N9O/c1-12-17-18(27(2)11-16(29)25-17)26-19(24-12)22-7-14-8-23-28(10-14)9-13-3-4-15(5-20)21-6-13/h3-4,6,8,10H,7,9,11H2,1-2H3,(H,25,29)(H,22,24,26). The summed E-state index contributed by atoms with van der Waals surface area (Å²) in [4.78, 5) is 26.5. The average molecular weight is 389 g/mol. The molecule has 0 saturated heterocycles. The number of nitrogens with zero attached hydrogens (tertiary/aromatic N) is 7. The fourth-order valence-electron chi connectivity index (χ4n) is 3.07. The topological polar surface area (TPSA) is 125 Å². The molecule has 29 heavy (non-hydrogen) atoms. The predicted molar refractivity (Wildman–Crippen MR) is 106 cm³/mol. The summed E-state index contributed by atoms with van der Waals surface area (Å²) in [6.07, 6.45) is 5.39. The van der Waals surface area contributed by atoms with Crippen molar-refractivity contribution in [2.45, 2.75) is 20.0 Å². The van der Waals surface area contributed by atoms with Gasteiger partial charge in [0.2, 0.25) is 11.9 Å². The minimum Gasteiger partial charge on any atom is -0.350 e. The van der Waals surface area contributed by atoms with Crippen LogP contribution in [0.4, 0.5) is 17.5 Å². The third-order valence-corrected chi connectivity index (χ3v) is 4.50. The number of pyridine rings is 1. The van der Waals surface area contributed by atoms with Crippen LogP contribution in [-0.4, -0.2) is 44.2 Å². The summed E-state index contributed by atoms with van der Waals surface area (Å²) in [5.41, 5.74) is 3.70. The maximum absolute atomic E-state index is 11.7. The van der Waals surface area contributed by atoms with Crippen LogP contribution in [0.1, 0.15) is 22.5 Å². The summed E-state index contributed by atoms with van der Waals surface area (Å²) in [6, 6.07) is 5.56. The summed E-state index contributed by atoms with van der Waals surface area (Å²) in [5.74, 6) is 1.12. The van der Waals surface area contributed by atoms with E-state index in [1.54, 1.807) is 23.4 Å². The molecule has 0 aliphatic carbocycles. The zero-order valence-corrected chi connectivity index (χ0v) is 16.0. The quantitative estimate of drug-likeness (QED) is 0.669. The third kappa shape index (κ3) is 3.98. The van der Waals surface area contributed by atoms with E-state index < -0.39 is 0 Å². The Bertz CT molecular complexity index is 1100. The number of aryl methyl sites for hydroxylation is 1. The number of amides is 1. The van der Waals surface area contributed by atoms with Crippen molar-refractivity contribution in [2.24, 2.45) is 0 Å². The number of carbonyl (C=O) groups is 1. The second kappa shape index (κ2) is 7.55. The first-order valence-corrected chi connectivity index (χ1v) is 9.01. The molecule has 3 aromatic heterocycles. The van der Waals surface area contributed by atoms with Gasteiger partial charge < -0.3 is 15.5 Å². The molecule has 146 valence electrons. The summed E-state index contributed by atoms with van der Waals surface area (Å²) >= 11 is 0. The molecule has 3 aromatic rings. The molecule has 10 heteroatoms. The highest BCUT2D eigenvalue weighted by atomic mass is 16.2. The van der Waals surface area contributed by atoms with E-state index >= 15 is 0 Å². The molecule has 0 saturated carbocycles. The lowest BCUT2D eigenvalue weighted by atomic mass is 10.2. The zero-order chi connectivity index (χ0) is 20.4. The maximum atomic E-state index is 11.7. The Balaban J connectivity index is 1.42. The highest BCUT2D eigenvalue weighted by Gasteiger charge is 2.23. The number of hydrogen-bond donors (Lipinski definition) is 2. The van der Waals surface area contributed by atoms with Gasteiger partial charge in [-0.05, 0) is 18.6 Å². The van der Waals surface area contributed by atoms with Crippen LogP contribution in [0.25, 0.3) is 0 Å². The Kier molecular flexibility index (Phi) is 4.78. The predicted octanol–water partition coefficient (Wildman–Crippen LogP) is 1.30. The molecule has 1 aliphatic heterocycles. The van der Waals surface area contributed by atoms with Crippen molar-refractivity contribution < 1.29 is 4.79 Å². The van der Waals surface area contributed by atoms with Crippen LogP contribution in [0.3, 0.4) is 0 Å². The second-order valence-corrected chi connectivity index (χ2v) is 6.80. The van der Waals surface area contributed by atoms with Crippen LogP contribution in [0.15, 0.2) is 30.7 Å². The third-order valence-electron chi connectivity index (χ3n) is 4.50. The first-order valence-electron chi connectivity index (χ1n) is 9.01. The average Bonchev–Trinajstić information content (AvgIpc) is 3.15. The van der Waals surface area contributed by atoms with Crippen molar-refractivity contribution >= 4 is 23.4 Å². The Labute approximate surface area is 167 Å². The van der Waals surface area contributed by atoms with Crippen molar-refractivity contribution in [3.05, 3.63) is 53.2 Å². The Morgan fingerprint density at radius 1 is 1.28 bits per heavy atom. The van der Waals surface area contributed by atoms with E-state index in [9.17, 15) is 4.79 Å². The van der Waals surface area contributed by atoms with Crippen LogP contribution in [0, 0.1) is 18.3 Å². The highest BCUT2D eigenvalue weighted by Crippen LogP contribution is 2.29. The molecule has 1 amide bonds. The summed E-state index contributed by atoms with van der Waals surface area (Å²) < 4.78 is 1.81. The summed E-state index contributed by atoms with van der Waals surface area (Å²) in [6.45, 7) is 3.19. The molecule has 2 N–H and O–H groups in total. The van der Waals surface area contributed by atoms with Gasteiger partial charge in [-0.15, -0.1) is 0 Å². The lowest BCUT2D eigenvalue weighted by molar-refractivity contribution is -0.115. The van der Waals surface area contributed by atoms with Gasteiger partial charge in [0, 0.05) is 31.5 Å². The van der Waals surface area contributed by atoms with E-state index in [2.05, 4.69) is 30.7 Å². The lowest BCUT2D eigenvalue weighted by Crippen LogP contribution is -2.36. The van der Waals surface area contributed by atoms with E-state index in [-0.39, 0.29) is 12.5 Å². The molecular formula is C19H19N9O. The minimum atomic E-state index is -0.0720. The van der Waals surface area contributed by atoms with Gasteiger partial charge in [-0.25, -0.2) is 9.97 Å². The number of nitriles is 1. The Hall–Kier alpha value is -4.00. The molecule has 0 fully saturated rings. The van der Waals surface area contributed by atoms with Crippen molar-refractivity contribution in [1.29, 1.82) is 5.26 Å². The zero-order valence-electron chi connectivity index (χ0n) is 16.0. The SMILES string of the molecule is Cc1nc(NCc2cnn(Cc3ccc(C#N)nc3)c2)nc2c1NC(=O)CN2C. The highest BCUT2D eigenvalue weighted by molar-refractivity contribution is 6.00. The van der Waals surface area contributed by atoms with E-state index in [0.29, 0.717) is 41.9 Å². The number of aromatic nitrogens is 5. The number of rotatable bonds is 5. The van der Waals surface area contributed by atoms with E-state index in [4.69, 9.17) is 5.26 Å². The van der Waals surface area contributed by atoms with Gasteiger partial charge in [-0.1, -0.05) is 6.07 Å². The molecule has 0 atom stereocenters. The van der Waals surface area contributed by atoms with E-state index in [0.717, 1.165) is 11.1 Å². The molecule has 4 heterocycles. The van der Waals surface area contributed by atoms with Crippen LogP contribution in [0.5, 0.6) is 0 Å². The molecule has 1 aliphatic rings. The summed E-state index contributed by atoms with van der Waals surface area (Å²) in [7, 11) is 1.83. The molecule has 0 spiro atoms. The normalized spacial score (nSPS) is 12.9. The van der Waals surface area contributed by atoms with E-state index in [1.807, 2.05) is 37.0 Å². The van der Waals surface area contributed by atoms with Gasteiger partial charge in [-0.2, -0.15) is 15.3 Å². The van der Waals surface area contributed by atoms with E-state index in [1.165, 1.54) is 0 Å². The van der Waals surface area contributed by atoms with Gasteiger partial charge in [0.05, 0.1) is 25.0 Å². The van der Waals surface area contributed by atoms with Crippen LogP contribution < -0.4 is 15.5 Å². The first-order chi connectivity index (χ1) is 14.0. The van der Waals surface area contributed by atoms with Gasteiger partial charge in [-0.3, -0.25) is 9.48 Å². The Morgan fingerprint density at radius 3 is 2.90 bits per heavy atom. The maximum Gasteiger partial charge on any atom is 0.244 e. The summed E-state index contributed by atoms with van der Waals surface area (Å²) in [5, 5.41) is 19.2. The molecule has 10 nitrogen and oxygen atoms in total. The van der Waals surface area contributed by atoms with Crippen LogP contribution in [-0.2, 0) is 17.9 Å². The van der Waals surface area contributed by atoms with Crippen LogP contribution >= 0.6 is 0 Å². The van der Waals surface area contributed by atoms with Gasteiger partial charge in [0.15, 0.2) is 5.82 Å². The number of anilines is 3. The monoisotopic (exact) mass is 389 g/mol. The lowest BCUT2D eigenvalue weighted by Gasteiger charge is -2.27. The molecule has 0 aromatic carbocycles. The number of carbonyl (C=O) groups excluding carboxylic acids is 1. The number of fused-ring (bicyclic) bond motifs is 1. The smallest absolute Gasteiger partial charge is 0.244 e. The van der Waals surface area contributed by atoms with Crippen molar-refractivity contribution in [2.75, 3.05) is 29.1 Å². The largest absolute Gasteiger partial charge is 0.350 e. The minimum absolute atomic E-state index is 0.0720. The molecule has 4 rings (SSSR count). The fraction of sp³-hybridized carbons (Fsp3) is 0.263. The fourth-order valence-corrected chi connectivity index (χ4v) is 3.07. The van der Waals surface area contributed by atoms with Gasteiger partial charge in [0.1, 0.15) is 17.5 Å². The van der Waals surface area contributed by atoms with Crippen molar-refractivity contribution in [3.8, 4) is 6.07 Å². The van der Waals surface area contributed by atoms with Crippen molar-refractivity contribution in [3.63, 3.8) is 0 Å². The van der Waals surface area contributed by atoms with Crippen molar-refractivity contribution in [1.82, 2.24) is 24.7 Å². The number of likely N-dealkylation sites (N-methyl/N-ethyl adjacent to an activating group) is 1. The molecule has 0 bridgehead atoms. The molecular weight excluding hydrogens is 370 g/mol. The second-order valence-electron chi connectivity index (χ2n) is 6.80. The molecule has 0 radical (unpaired) electrons. The number of nitrogens with one attached hydrogen (secondary N) is 2. The number of hydrogen-bond acceptors (Lipinski definition) is 8.